The van der Waals surface area contributed by atoms with E-state index in [1.807, 2.05) is 23.1 Å². The maximum absolute atomic E-state index is 14.3. The van der Waals surface area contributed by atoms with Crippen molar-refractivity contribution in [1.82, 2.24) is 15.2 Å². The van der Waals surface area contributed by atoms with E-state index in [4.69, 9.17) is 11.5 Å². The van der Waals surface area contributed by atoms with E-state index in [9.17, 15) is 14.3 Å². The number of carbonyl (C=O) groups excluding carboxylic acids is 1. The summed E-state index contributed by atoms with van der Waals surface area (Å²) in [7, 11) is 0. The molecule has 200 valence electrons. The highest BCUT2D eigenvalue weighted by Crippen LogP contribution is 2.23. The molecule has 2 unspecified atom stereocenters. The Morgan fingerprint density at radius 3 is 2.47 bits per heavy atom. The highest BCUT2D eigenvalue weighted by molar-refractivity contribution is 5.82. The minimum Gasteiger partial charge on any atom is -0.508 e. The smallest absolute Gasteiger partial charge is 0.242 e. The van der Waals surface area contributed by atoms with Crippen molar-refractivity contribution in [2.45, 2.75) is 24.9 Å². The summed E-state index contributed by atoms with van der Waals surface area (Å²) >= 11 is 0. The maximum Gasteiger partial charge on any atom is 0.242 e. The molecule has 1 amide bonds. The van der Waals surface area contributed by atoms with E-state index in [-0.39, 0.29) is 36.1 Å². The van der Waals surface area contributed by atoms with Crippen LogP contribution in [0, 0.1) is 5.82 Å². The van der Waals surface area contributed by atoms with Crippen LogP contribution in [0.4, 0.5) is 10.1 Å². The van der Waals surface area contributed by atoms with Crippen LogP contribution >= 0.6 is 0 Å². The number of nitrogens with zero attached hydrogens (tertiary/aromatic N) is 3. The molecule has 0 radical (unpaired) electrons. The number of phenols is 1. The third-order valence-corrected chi connectivity index (χ3v) is 6.60. The molecule has 1 aliphatic heterocycles. The zero-order valence-corrected chi connectivity index (χ0v) is 21.4. The second kappa shape index (κ2) is 12.5. The van der Waals surface area contributed by atoms with Crippen molar-refractivity contribution in [2.24, 2.45) is 11.5 Å². The molecule has 2 atom stereocenters. The van der Waals surface area contributed by atoms with Gasteiger partial charge < -0.3 is 31.7 Å². The summed E-state index contributed by atoms with van der Waals surface area (Å²) in [6.45, 7) is 6.07. The topological polar surface area (TPSA) is 121 Å². The average Bonchev–Trinajstić information content (AvgIpc) is 2.89. The van der Waals surface area contributed by atoms with E-state index < -0.39 is 0 Å². The Kier molecular flexibility index (Phi) is 8.93. The molecular formula is C29H35FN6O2. The molecule has 4 rings (SSSR count). The molecular weight excluding hydrogens is 483 g/mol. The first-order valence-electron chi connectivity index (χ1n) is 12.7. The van der Waals surface area contributed by atoms with Crippen molar-refractivity contribution >= 4 is 11.6 Å². The molecule has 0 bridgehead atoms. The van der Waals surface area contributed by atoms with Crippen LogP contribution in [0.25, 0.3) is 11.3 Å². The van der Waals surface area contributed by atoms with Gasteiger partial charge in [-0.1, -0.05) is 36.9 Å². The summed E-state index contributed by atoms with van der Waals surface area (Å²) in [6.07, 6.45) is 2.94. The number of rotatable bonds is 10. The molecule has 9 heteroatoms. The molecule has 6 N–H and O–H groups in total. The first kappa shape index (κ1) is 27.1. The number of para-hydroxylation sites is 1. The van der Waals surface area contributed by atoms with Gasteiger partial charge >= 0.3 is 0 Å². The fourth-order valence-electron chi connectivity index (χ4n) is 4.67. The largest absolute Gasteiger partial charge is 0.508 e. The lowest BCUT2D eigenvalue weighted by Crippen LogP contribution is -2.56. The molecule has 3 aromatic rings. The number of nitrogens with one attached hydrogen (secondary N) is 1. The standard InChI is InChI=1S/C29H35FN6O2/c1-20(33-13-12-21-6-2-5-9-28(21)37)16-35(19-29(38)36-17-22(31)14-23(32)18-36)24-10-11-27(34-15-24)25-7-3-4-8-26(25)30/h2-11,15,22-23,33,37H,1,12-14,16-19,31-32H2. The third-order valence-electron chi connectivity index (χ3n) is 6.60. The fraction of sp³-hybridized carbons (Fsp3) is 0.310. The van der Waals surface area contributed by atoms with Crippen LogP contribution in [0.5, 0.6) is 5.75 Å². The molecule has 1 saturated heterocycles. The zero-order valence-electron chi connectivity index (χ0n) is 21.4. The van der Waals surface area contributed by atoms with Crippen molar-refractivity contribution in [1.29, 1.82) is 0 Å². The van der Waals surface area contributed by atoms with Crippen LogP contribution in [0.1, 0.15) is 12.0 Å². The SMILES string of the molecule is C=C(CN(CC(=O)N1CC(N)CC(N)C1)c1ccc(-c2ccccc2F)nc1)NCCc1ccccc1O. The van der Waals surface area contributed by atoms with E-state index in [1.165, 1.54) is 6.07 Å². The van der Waals surface area contributed by atoms with Gasteiger partial charge in [0, 0.05) is 43.0 Å². The molecule has 0 aliphatic carbocycles. The second-order valence-corrected chi connectivity index (χ2v) is 9.70. The van der Waals surface area contributed by atoms with E-state index in [1.54, 1.807) is 47.5 Å². The molecule has 1 aromatic heterocycles. The highest BCUT2D eigenvalue weighted by atomic mass is 19.1. The Hall–Kier alpha value is -3.95. The Bertz CT molecular complexity index is 1240. The van der Waals surface area contributed by atoms with Gasteiger partial charge in [-0.25, -0.2) is 4.39 Å². The number of hydrogen-bond donors (Lipinski definition) is 4. The lowest BCUT2D eigenvalue weighted by molar-refractivity contribution is -0.131. The predicted molar refractivity (Wildman–Crippen MR) is 148 cm³/mol. The molecule has 2 heterocycles. The van der Waals surface area contributed by atoms with Gasteiger partial charge in [0.05, 0.1) is 30.7 Å². The molecule has 1 aliphatic rings. The Labute approximate surface area is 222 Å². The van der Waals surface area contributed by atoms with Gasteiger partial charge in [-0.2, -0.15) is 0 Å². The number of benzene rings is 2. The van der Waals surface area contributed by atoms with Gasteiger partial charge in [0.2, 0.25) is 5.91 Å². The number of piperidine rings is 1. The van der Waals surface area contributed by atoms with Crippen molar-refractivity contribution < 1.29 is 14.3 Å². The fourth-order valence-corrected chi connectivity index (χ4v) is 4.67. The summed E-state index contributed by atoms with van der Waals surface area (Å²) in [5.74, 6) is -0.179. The number of anilines is 1. The number of nitrogens with two attached hydrogens (primary N) is 2. The Morgan fingerprint density at radius 2 is 1.79 bits per heavy atom. The average molecular weight is 519 g/mol. The van der Waals surface area contributed by atoms with E-state index >= 15 is 0 Å². The minimum atomic E-state index is -0.348. The molecule has 8 nitrogen and oxygen atoms in total. The van der Waals surface area contributed by atoms with Crippen LogP contribution < -0.4 is 21.7 Å². The highest BCUT2D eigenvalue weighted by Gasteiger charge is 2.27. The lowest BCUT2D eigenvalue weighted by Gasteiger charge is -2.36. The Morgan fingerprint density at radius 1 is 1.08 bits per heavy atom. The lowest BCUT2D eigenvalue weighted by atomic mass is 10.0. The normalized spacial score (nSPS) is 17.2. The number of hydrogen-bond acceptors (Lipinski definition) is 7. The maximum atomic E-state index is 14.3. The number of aromatic hydroxyl groups is 1. The van der Waals surface area contributed by atoms with E-state index in [0.717, 1.165) is 5.56 Å². The minimum absolute atomic E-state index is 0.0837. The van der Waals surface area contributed by atoms with Gasteiger partial charge in [-0.3, -0.25) is 9.78 Å². The molecule has 38 heavy (non-hydrogen) atoms. The molecule has 0 saturated carbocycles. The molecule has 2 aromatic carbocycles. The number of pyridine rings is 1. The van der Waals surface area contributed by atoms with Gasteiger partial charge in [0.25, 0.3) is 0 Å². The van der Waals surface area contributed by atoms with Crippen molar-refractivity contribution in [3.63, 3.8) is 0 Å². The number of phenolic OH excluding ortho intramolecular Hbond substituents is 1. The monoisotopic (exact) mass is 518 g/mol. The third kappa shape index (κ3) is 7.08. The number of halogens is 1. The summed E-state index contributed by atoms with van der Waals surface area (Å²) in [5, 5.41) is 13.3. The van der Waals surface area contributed by atoms with Gasteiger partial charge in [-0.15, -0.1) is 0 Å². The van der Waals surface area contributed by atoms with Crippen LogP contribution in [0.2, 0.25) is 0 Å². The molecule has 1 fully saturated rings. The van der Waals surface area contributed by atoms with Crippen LogP contribution in [0.15, 0.2) is 79.1 Å². The number of amides is 1. The van der Waals surface area contributed by atoms with Crippen molar-refractivity contribution in [2.75, 3.05) is 37.6 Å². The molecule has 0 spiro atoms. The van der Waals surface area contributed by atoms with E-state index in [2.05, 4.69) is 16.9 Å². The zero-order chi connectivity index (χ0) is 27.1. The van der Waals surface area contributed by atoms with Gasteiger partial charge in [0.15, 0.2) is 0 Å². The first-order valence-corrected chi connectivity index (χ1v) is 12.7. The second-order valence-electron chi connectivity index (χ2n) is 9.70. The van der Waals surface area contributed by atoms with Crippen LogP contribution in [-0.2, 0) is 11.2 Å². The first-order chi connectivity index (χ1) is 18.3. The number of likely N-dealkylation sites (tertiary alicyclic amines) is 1. The van der Waals surface area contributed by atoms with Crippen molar-refractivity contribution in [3.8, 4) is 17.0 Å². The Balaban J connectivity index is 1.47. The summed E-state index contributed by atoms with van der Waals surface area (Å²) < 4.78 is 14.3. The van der Waals surface area contributed by atoms with Gasteiger partial charge in [-0.05, 0) is 48.7 Å². The predicted octanol–water partition coefficient (Wildman–Crippen LogP) is 2.63. The summed E-state index contributed by atoms with van der Waals surface area (Å²) in [4.78, 5) is 21.3. The number of carbonyl (C=O) groups is 1. The summed E-state index contributed by atoms with van der Waals surface area (Å²) in [5.41, 5.74) is 15.4. The van der Waals surface area contributed by atoms with Crippen LogP contribution in [0.3, 0.4) is 0 Å². The quantitative estimate of drug-likeness (QED) is 0.326. The van der Waals surface area contributed by atoms with Crippen molar-refractivity contribution in [3.05, 3.63) is 90.5 Å². The van der Waals surface area contributed by atoms with E-state index in [0.29, 0.717) is 61.7 Å². The van der Waals surface area contributed by atoms with Gasteiger partial charge in [0.1, 0.15) is 11.6 Å². The number of aromatic nitrogens is 1. The summed E-state index contributed by atoms with van der Waals surface area (Å²) in [6, 6.07) is 16.9. The van der Waals surface area contributed by atoms with Crippen LogP contribution in [-0.4, -0.2) is 65.7 Å².